The summed E-state index contributed by atoms with van der Waals surface area (Å²) in [6, 6.07) is 2.03. The molecule has 2 heterocycles. The van der Waals surface area contributed by atoms with Gasteiger partial charge in [0.1, 0.15) is 17.3 Å². The third-order valence-corrected chi connectivity index (χ3v) is 3.60. The van der Waals surface area contributed by atoms with Gasteiger partial charge in [-0.15, -0.1) is 0 Å². The number of rotatable bonds is 2. The average Bonchev–Trinajstić information content (AvgIpc) is 2.96. The van der Waals surface area contributed by atoms with Crippen molar-refractivity contribution >= 4 is 5.82 Å². The molecule has 0 radical (unpaired) electrons. The zero-order valence-electron chi connectivity index (χ0n) is 11.4. The van der Waals surface area contributed by atoms with Crippen molar-refractivity contribution in [2.45, 2.75) is 13.3 Å². The van der Waals surface area contributed by atoms with Crippen LogP contribution in [0.5, 0.6) is 11.5 Å². The van der Waals surface area contributed by atoms with Crippen molar-refractivity contribution < 1.29 is 9.47 Å². The number of anilines is 1. The summed E-state index contributed by atoms with van der Waals surface area (Å²) in [7, 11) is 3.51. The maximum Gasteiger partial charge on any atom is 0.130 e. The Morgan fingerprint density at radius 1 is 1.47 bits per heavy atom. The van der Waals surface area contributed by atoms with Crippen LogP contribution in [-0.4, -0.2) is 23.5 Å². The molecule has 100 valence electrons. The fourth-order valence-corrected chi connectivity index (χ4v) is 2.63. The predicted molar refractivity (Wildman–Crippen MR) is 73.5 cm³/mol. The van der Waals surface area contributed by atoms with E-state index in [1.54, 1.807) is 18.0 Å². The molecular formula is C14H17N3O2. The van der Waals surface area contributed by atoms with E-state index in [9.17, 15) is 0 Å². The second kappa shape index (κ2) is 4.19. The molecule has 0 saturated heterocycles. The standard InChI is InChI=1S/C14H17N3O2/c1-8-6-11-9(4-5-19-11)12(13(8)18-3)10-7-16-17(2)14(10)15/h6-7H,4-5,15H2,1-3H3. The van der Waals surface area contributed by atoms with Gasteiger partial charge in [0.25, 0.3) is 0 Å². The van der Waals surface area contributed by atoms with Crippen LogP contribution in [0.4, 0.5) is 5.82 Å². The molecule has 0 amide bonds. The lowest BCUT2D eigenvalue weighted by atomic mass is 9.96. The molecule has 0 atom stereocenters. The summed E-state index contributed by atoms with van der Waals surface area (Å²) in [5.41, 5.74) is 10.2. The van der Waals surface area contributed by atoms with Crippen molar-refractivity contribution in [3.63, 3.8) is 0 Å². The second-order valence-corrected chi connectivity index (χ2v) is 4.74. The molecule has 0 fully saturated rings. The van der Waals surface area contributed by atoms with Crippen LogP contribution in [0.25, 0.3) is 11.1 Å². The van der Waals surface area contributed by atoms with E-state index < -0.39 is 0 Å². The van der Waals surface area contributed by atoms with E-state index in [1.165, 1.54) is 0 Å². The van der Waals surface area contributed by atoms with E-state index in [0.717, 1.165) is 40.2 Å². The quantitative estimate of drug-likeness (QED) is 0.895. The fourth-order valence-electron chi connectivity index (χ4n) is 2.63. The molecular weight excluding hydrogens is 242 g/mol. The van der Waals surface area contributed by atoms with E-state index >= 15 is 0 Å². The smallest absolute Gasteiger partial charge is 0.130 e. The summed E-state index contributed by atoms with van der Waals surface area (Å²) in [6.45, 7) is 2.71. The lowest BCUT2D eigenvalue weighted by Crippen LogP contribution is -2.00. The highest BCUT2D eigenvalue weighted by atomic mass is 16.5. The first-order valence-corrected chi connectivity index (χ1v) is 6.24. The van der Waals surface area contributed by atoms with E-state index in [-0.39, 0.29) is 0 Å². The summed E-state index contributed by atoms with van der Waals surface area (Å²) in [5.74, 6) is 2.42. The first-order chi connectivity index (χ1) is 9.13. The number of fused-ring (bicyclic) bond motifs is 1. The maximum atomic E-state index is 6.11. The minimum Gasteiger partial charge on any atom is -0.496 e. The Morgan fingerprint density at radius 2 is 2.26 bits per heavy atom. The van der Waals surface area contributed by atoms with Gasteiger partial charge in [-0.05, 0) is 18.6 Å². The van der Waals surface area contributed by atoms with Crippen LogP contribution in [0.3, 0.4) is 0 Å². The topological polar surface area (TPSA) is 62.3 Å². The van der Waals surface area contributed by atoms with E-state index in [4.69, 9.17) is 15.2 Å². The Kier molecular flexibility index (Phi) is 2.62. The largest absolute Gasteiger partial charge is 0.496 e. The molecule has 0 unspecified atom stereocenters. The molecule has 1 aliphatic heterocycles. The van der Waals surface area contributed by atoms with Crippen LogP contribution < -0.4 is 15.2 Å². The second-order valence-electron chi connectivity index (χ2n) is 4.74. The lowest BCUT2D eigenvalue weighted by Gasteiger charge is -2.15. The van der Waals surface area contributed by atoms with Crippen molar-refractivity contribution in [2.24, 2.45) is 7.05 Å². The van der Waals surface area contributed by atoms with Crippen LogP contribution >= 0.6 is 0 Å². The highest BCUT2D eigenvalue weighted by Gasteiger charge is 2.25. The number of hydrogen-bond donors (Lipinski definition) is 1. The van der Waals surface area contributed by atoms with Gasteiger partial charge in [0.2, 0.25) is 0 Å². The number of benzene rings is 1. The zero-order valence-corrected chi connectivity index (χ0v) is 11.4. The fraction of sp³-hybridized carbons (Fsp3) is 0.357. The van der Waals surface area contributed by atoms with Gasteiger partial charge in [-0.25, -0.2) is 0 Å². The summed E-state index contributed by atoms with van der Waals surface area (Å²) in [6.07, 6.45) is 2.65. The molecule has 0 spiro atoms. The van der Waals surface area contributed by atoms with Gasteiger partial charge in [-0.3, -0.25) is 4.68 Å². The normalized spacial score (nSPS) is 13.2. The average molecular weight is 259 g/mol. The van der Waals surface area contributed by atoms with Gasteiger partial charge >= 0.3 is 0 Å². The molecule has 19 heavy (non-hydrogen) atoms. The molecule has 1 aromatic heterocycles. The number of methoxy groups -OCH3 is 1. The van der Waals surface area contributed by atoms with Crippen LogP contribution in [0.2, 0.25) is 0 Å². The number of nitrogens with two attached hydrogens (primary N) is 1. The first kappa shape index (κ1) is 11.9. The molecule has 5 heteroatoms. The highest BCUT2D eigenvalue weighted by molar-refractivity contribution is 5.84. The number of nitrogen functional groups attached to an aromatic ring is 1. The molecule has 3 rings (SSSR count). The maximum absolute atomic E-state index is 6.11. The minimum atomic E-state index is 0.637. The lowest BCUT2D eigenvalue weighted by molar-refractivity contribution is 0.356. The van der Waals surface area contributed by atoms with Gasteiger partial charge in [0.05, 0.1) is 19.9 Å². The molecule has 5 nitrogen and oxygen atoms in total. The first-order valence-electron chi connectivity index (χ1n) is 6.24. The molecule has 1 aromatic carbocycles. The third kappa shape index (κ3) is 1.65. The molecule has 0 aliphatic carbocycles. The van der Waals surface area contributed by atoms with Crippen LogP contribution in [0.15, 0.2) is 12.3 Å². The number of nitrogens with zero attached hydrogens (tertiary/aromatic N) is 2. The molecule has 0 saturated carbocycles. The Hall–Kier alpha value is -2.17. The van der Waals surface area contributed by atoms with Crippen molar-refractivity contribution in [3.8, 4) is 22.6 Å². The number of hydrogen-bond acceptors (Lipinski definition) is 4. The SMILES string of the molecule is COc1c(C)cc2c(c1-c1cnn(C)c1N)CCO2. The molecule has 2 aromatic rings. The summed E-state index contributed by atoms with van der Waals surface area (Å²) >= 11 is 0. The Bertz CT molecular complexity index is 643. The van der Waals surface area contributed by atoms with Gasteiger partial charge in [0.15, 0.2) is 0 Å². The Balaban J connectivity index is 2.33. The predicted octanol–water partition coefficient (Wildman–Crippen LogP) is 1.92. The third-order valence-electron chi connectivity index (χ3n) is 3.60. The summed E-state index contributed by atoms with van der Waals surface area (Å²) in [4.78, 5) is 0. The van der Waals surface area contributed by atoms with Crippen molar-refractivity contribution in [2.75, 3.05) is 19.5 Å². The summed E-state index contributed by atoms with van der Waals surface area (Å²) in [5, 5.41) is 4.22. The van der Waals surface area contributed by atoms with Crippen molar-refractivity contribution in [3.05, 3.63) is 23.4 Å². The van der Waals surface area contributed by atoms with Crippen molar-refractivity contribution in [1.29, 1.82) is 0 Å². The highest BCUT2D eigenvalue weighted by Crippen LogP contribution is 2.45. The number of aromatic nitrogens is 2. The van der Waals surface area contributed by atoms with Gasteiger partial charge < -0.3 is 15.2 Å². The Morgan fingerprint density at radius 3 is 2.89 bits per heavy atom. The van der Waals surface area contributed by atoms with Crippen LogP contribution in [0, 0.1) is 6.92 Å². The molecule has 0 bridgehead atoms. The van der Waals surface area contributed by atoms with Gasteiger partial charge in [-0.1, -0.05) is 0 Å². The van der Waals surface area contributed by atoms with Crippen molar-refractivity contribution in [1.82, 2.24) is 9.78 Å². The van der Waals surface area contributed by atoms with E-state index in [2.05, 4.69) is 5.10 Å². The molecule has 2 N–H and O–H groups in total. The zero-order chi connectivity index (χ0) is 13.6. The monoisotopic (exact) mass is 259 g/mol. The van der Waals surface area contributed by atoms with Gasteiger partial charge in [0, 0.05) is 30.2 Å². The van der Waals surface area contributed by atoms with Gasteiger partial charge in [-0.2, -0.15) is 5.10 Å². The van der Waals surface area contributed by atoms with Crippen LogP contribution in [0.1, 0.15) is 11.1 Å². The number of ether oxygens (including phenoxy) is 2. The van der Waals surface area contributed by atoms with E-state index in [0.29, 0.717) is 12.4 Å². The molecule has 1 aliphatic rings. The Labute approximate surface area is 111 Å². The minimum absolute atomic E-state index is 0.637. The summed E-state index contributed by atoms with van der Waals surface area (Å²) < 4.78 is 12.9. The van der Waals surface area contributed by atoms with E-state index in [1.807, 2.05) is 20.0 Å². The van der Waals surface area contributed by atoms with Crippen LogP contribution in [-0.2, 0) is 13.5 Å². The number of aryl methyl sites for hydroxylation is 2.